The van der Waals surface area contributed by atoms with Gasteiger partial charge in [-0.05, 0) is 19.1 Å². The first-order chi connectivity index (χ1) is 9.60. The standard InChI is InChI=1S/C13H18N2O5/c1-4-20-12(16)8-14-13(17)15-9-5-6-10(18-2)11(7-9)19-3/h5-7H,4,8H2,1-3H3,(H2,14,15,17). The van der Waals surface area contributed by atoms with Crippen LogP contribution in [0, 0.1) is 0 Å². The Morgan fingerprint density at radius 1 is 1.15 bits per heavy atom. The monoisotopic (exact) mass is 282 g/mol. The van der Waals surface area contributed by atoms with Crippen molar-refractivity contribution in [3.05, 3.63) is 18.2 Å². The third-order valence-corrected chi connectivity index (χ3v) is 2.34. The number of anilines is 1. The number of carbonyl (C=O) groups excluding carboxylic acids is 2. The van der Waals surface area contributed by atoms with Crippen molar-refractivity contribution in [2.45, 2.75) is 6.92 Å². The minimum Gasteiger partial charge on any atom is -0.493 e. The molecule has 2 amide bonds. The topological polar surface area (TPSA) is 85.9 Å². The molecule has 0 fully saturated rings. The first-order valence-corrected chi connectivity index (χ1v) is 6.03. The molecule has 20 heavy (non-hydrogen) atoms. The molecular formula is C13H18N2O5. The third kappa shape index (κ3) is 4.68. The van der Waals surface area contributed by atoms with Gasteiger partial charge in [-0.1, -0.05) is 0 Å². The van der Waals surface area contributed by atoms with Gasteiger partial charge in [0.15, 0.2) is 11.5 Å². The fourth-order valence-electron chi connectivity index (χ4n) is 1.45. The molecule has 0 saturated heterocycles. The van der Waals surface area contributed by atoms with Gasteiger partial charge in [0, 0.05) is 11.8 Å². The maximum Gasteiger partial charge on any atom is 0.325 e. The molecule has 7 nitrogen and oxygen atoms in total. The molecular weight excluding hydrogens is 264 g/mol. The molecule has 0 atom stereocenters. The highest BCUT2D eigenvalue weighted by molar-refractivity contribution is 5.91. The fourth-order valence-corrected chi connectivity index (χ4v) is 1.45. The minimum atomic E-state index is -0.509. The van der Waals surface area contributed by atoms with Crippen molar-refractivity contribution in [2.75, 3.05) is 32.7 Å². The van der Waals surface area contributed by atoms with Gasteiger partial charge >= 0.3 is 12.0 Å². The molecule has 0 heterocycles. The summed E-state index contributed by atoms with van der Waals surface area (Å²) in [6.45, 7) is 1.78. The van der Waals surface area contributed by atoms with Crippen molar-refractivity contribution in [1.82, 2.24) is 5.32 Å². The minimum absolute atomic E-state index is 0.188. The second-order valence-electron chi connectivity index (χ2n) is 3.68. The molecule has 2 N–H and O–H groups in total. The lowest BCUT2D eigenvalue weighted by molar-refractivity contribution is -0.141. The molecule has 7 heteroatoms. The molecule has 0 saturated carbocycles. The second-order valence-corrected chi connectivity index (χ2v) is 3.68. The zero-order valence-electron chi connectivity index (χ0n) is 11.7. The van der Waals surface area contributed by atoms with Gasteiger partial charge in [-0.15, -0.1) is 0 Å². The smallest absolute Gasteiger partial charge is 0.325 e. The predicted molar refractivity (Wildman–Crippen MR) is 73.2 cm³/mol. The molecule has 110 valence electrons. The summed E-state index contributed by atoms with van der Waals surface area (Å²) in [4.78, 5) is 22.7. The summed E-state index contributed by atoms with van der Waals surface area (Å²) in [5, 5.41) is 4.96. The molecule has 0 aromatic heterocycles. The highest BCUT2D eigenvalue weighted by atomic mass is 16.5. The van der Waals surface area contributed by atoms with Gasteiger partial charge in [0.2, 0.25) is 0 Å². The van der Waals surface area contributed by atoms with Crippen LogP contribution in [0.4, 0.5) is 10.5 Å². The average Bonchev–Trinajstić information content (AvgIpc) is 2.45. The predicted octanol–water partition coefficient (Wildman–Crippen LogP) is 1.39. The molecule has 0 aliphatic carbocycles. The molecule has 0 unspecified atom stereocenters. The van der Waals surface area contributed by atoms with Gasteiger partial charge in [0.25, 0.3) is 0 Å². The van der Waals surface area contributed by atoms with Crippen molar-refractivity contribution >= 4 is 17.7 Å². The van der Waals surface area contributed by atoms with E-state index in [1.165, 1.54) is 14.2 Å². The molecule has 0 bridgehead atoms. The first kappa shape index (κ1) is 15.6. The number of esters is 1. The molecule has 0 radical (unpaired) electrons. The zero-order chi connectivity index (χ0) is 15.0. The Hall–Kier alpha value is -2.44. The number of rotatable bonds is 6. The summed E-state index contributed by atoms with van der Waals surface area (Å²) < 4.78 is 14.9. The zero-order valence-corrected chi connectivity index (χ0v) is 11.7. The summed E-state index contributed by atoms with van der Waals surface area (Å²) in [6, 6.07) is 4.43. The maximum absolute atomic E-state index is 11.6. The van der Waals surface area contributed by atoms with Crippen LogP contribution in [0.3, 0.4) is 0 Å². The normalized spacial score (nSPS) is 9.55. The van der Waals surface area contributed by atoms with Crippen molar-refractivity contribution in [3.63, 3.8) is 0 Å². The van der Waals surface area contributed by atoms with E-state index in [1.807, 2.05) is 0 Å². The van der Waals surface area contributed by atoms with Crippen LogP contribution in [0.1, 0.15) is 6.92 Å². The van der Waals surface area contributed by atoms with Gasteiger partial charge in [-0.25, -0.2) is 4.79 Å². The van der Waals surface area contributed by atoms with E-state index >= 15 is 0 Å². The average molecular weight is 282 g/mol. The maximum atomic E-state index is 11.6. The largest absolute Gasteiger partial charge is 0.493 e. The summed E-state index contributed by atoms with van der Waals surface area (Å²) >= 11 is 0. The van der Waals surface area contributed by atoms with Crippen LogP contribution < -0.4 is 20.1 Å². The number of urea groups is 1. The lowest BCUT2D eigenvalue weighted by Crippen LogP contribution is -2.34. The highest BCUT2D eigenvalue weighted by Gasteiger charge is 2.08. The Morgan fingerprint density at radius 3 is 2.45 bits per heavy atom. The van der Waals surface area contributed by atoms with Gasteiger partial charge in [0.1, 0.15) is 6.54 Å². The number of hydrogen-bond acceptors (Lipinski definition) is 5. The Labute approximate surface area is 117 Å². The van der Waals surface area contributed by atoms with Gasteiger partial charge in [-0.3, -0.25) is 4.79 Å². The Bertz CT molecular complexity index is 476. The second kappa shape index (κ2) is 7.88. The van der Waals surface area contributed by atoms with Crippen molar-refractivity contribution in [3.8, 4) is 11.5 Å². The SMILES string of the molecule is CCOC(=O)CNC(=O)Nc1ccc(OC)c(OC)c1. The number of nitrogens with one attached hydrogen (secondary N) is 2. The molecule has 1 rings (SSSR count). The summed E-state index contributed by atoms with van der Waals surface area (Å²) in [5.41, 5.74) is 0.518. The number of methoxy groups -OCH3 is 2. The van der Waals surface area contributed by atoms with E-state index in [9.17, 15) is 9.59 Å². The Balaban J connectivity index is 2.55. The summed E-state index contributed by atoms with van der Waals surface area (Å²) in [5.74, 6) is 0.565. The van der Waals surface area contributed by atoms with Crippen molar-refractivity contribution in [1.29, 1.82) is 0 Å². The van der Waals surface area contributed by atoms with Crippen LogP contribution in [0.25, 0.3) is 0 Å². The Kier molecular flexibility index (Phi) is 6.15. The van der Waals surface area contributed by atoms with Crippen LogP contribution in [-0.2, 0) is 9.53 Å². The van der Waals surface area contributed by atoms with Gasteiger partial charge < -0.3 is 24.8 Å². The van der Waals surface area contributed by atoms with E-state index < -0.39 is 12.0 Å². The van der Waals surface area contributed by atoms with Crippen LogP contribution in [0.5, 0.6) is 11.5 Å². The van der Waals surface area contributed by atoms with Gasteiger partial charge in [0.05, 0.1) is 20.8 Å². The number of hydrogen-bond donors (Lipinski definition) is 2. The molecule has 1 aromatic carbocycles. The molecule has 0 aliphatic rings. The Morgan fingerprint density at radius 2 is 1.85 bits per heavy atom. The first-order valence-electron chi connectivity index (χ1n) is 6.03. The van der Waals surface area contributed by atoms with E-state index in [4.69, 9.17) is 14.2 Å². The molecule has 1 aromatic rings. The number of amides is 2. The van der Waals surface area contributed by atoms with Crippen LogP contribution in [0.15, 0.2) is 18.2 Å². The number of benzene rings is 1. The van der Waals surface area contributed by atoms with Crippen LogP contribution in [0.2, 0.25) is 0 Å². The lowest BCUT2D eigenvalue weighted by Gasteiger charge is -2.11. The summed E-state index contributed by atoms with van der Waals surface area (Å²) in [6.07, 6.45) is 0. The molecule has 0 spiro atoms. The summed E-state index contributed by atoms with van der Waals surface area (Å²) in [7, 11) is 3.03. The van der Waals surface area contributed by atoms with E-state index in [-0.39, 0.29) is 13.2 Å². The van der Waals surface area contributed by atoms with E-state index in [1.54, 1.807) is 25.1 Å². The van der Waals surface area contributed by atoms with Crippen molar-refractivity contribution < 1.29 is 23.8 Å². The van der Waals surface area contributed by atoms with Gasteiger partial charge in [-0.2, -0.15) is 0 Å². The van der Waals surface area contributed by atoms with E-state index in [2.05, 4.69) is 10.6 Å². The quantitative estimate of drug-likeness (QED) is 0.770. The van der Waals surface area contributed by atoms with Crippen LogP contribution >= 0.6 is 0 Å². The third-order valence-electron chi connectivity index (χ3n) is 2.34. The van der Waals surface area contributed by atoms with Crippen molar-refractivity contribution in [2.24, 2.45) is 0 Å². The number of ether oxygens (including phenoxy) is 3. The highest BCUT2D eigenvalue weighted by Crippen LogP contribution is 2.29. The van der Waals surface area contributed by atoms with E-state index in [0.29, 0.717) is 17.2 Å². The number of carbonyl (C=O) groups is 2. The van der Waals surface area contributed by atoms with E-state index in [0.717, 1.165) is 0 Å². The lowest BCUT2D eigenvalue weighted by atomic mass is 10.3. The molecule has 0 aliphatic heterocycles. The fraction of sp³-hybridized carbons (Fsp3) is 0.385. The van der Waals surface area contributed by atoms with Crippen LogP contribution in [-0.4, -0.2) is 39.4 Å².